The number of aliphatic hydroxyl groups excluding tert-OH is 9. The van der Waals surface area contributed by atoms with Gasteiger partial charge in [-0.2, -0.15) is 0 Å². The minimum Gasteiger partial charge on any atom is -0.394 e. The molecule has 0 amide bonds. The summed E-state index contributed by atoms with van der Waals surface area (Å²) in [4.78, 5) is 0. The molecule has 4 rings (SSSR count). The average Bonchev–Trinajstić information content (AvgIpc) is 2.96. The van der Waals surface area contributed by atoms with Crippen molar-refractivity contribution in [1.29, 1.82) is 0 Å². The molecule has 3 heterocycles. The van der Waals surface area contributed by atoms with Crippen molar-refractivity contribution in [2.24, 2.45) is 0 Å². The Morgan fingerprint density at radius 3 is 1.93 bits per heavy atom. The van der Waals surface area contributed by atoms with E-state index in [0.717, 1.165) is 5.56 Å². The van der Waals surface area contributed by atoms with Gasteiger partial charge in [0.15, 0.2) is 12.6 Å². The second-order valence-corrected chi connectivity index (χ2v) is 11.2. The summed E-state index contributed by atoms with van der Waals surface area (Å²) in [6.45, 7) is 0.0583. The highest BCUT2D eigenvalue weighted by Gasteiger charge is 2.53. The van der Waals surface area contributed by atoms with Crippen molar-refractivity contribution in [3.8, 4) is 0 Å². The van der Waals surface area contributed by atoms with E-state index in [2.05, 4.69) is 0 Å². The first-order valence-electron chi connectivity index (χ1n) is 13.0. The molecule has 0 unspecified atom stereocenters. The molecule has 0 radical (unpaired) electrons. The predicted octanol–water partition coefficient (Wildman–Crippen LogP) is -3.60. The summed E-state index contributed by atoms with van der Waals surface area (Å²) >= 11 is 1.21. The highest BCUT2D eigenvalue weighted by atomic mass is 32.2. The number of benzene rings is 1. The maximum absolute atomic E-state index is 11.0. The van der Waals surface area contributed by atoms with E-state index in [-0.39, 0.29) is 0 Å². The average molecular weight is 595 g/mol. The van der Waals surface area contributed by atoms with Crippen LogP contribution in [0.3, 0.4) is 0 Å². The Morgan fingerprint density at radius 2 is 1.27 bits per heavy atom. The largest absolute Gasteiger partial charge is 0.394 e. The fourth-order valence-electron chi connectivity index (χ4n) is 4.86. The van der Waals surface area contributed by atoms with Crippen molar-refractivity contribution < 1.29 is 69.6 Å². The molecule has 1 aromatic carbocycles. The van der Waals surface area contributed by atoms with Gasteiger partial charge in [0.1, 0.15) is 72.6 Å². The first kappa shape index (κ1) is 31.9. The molecule has 40 heavy (non-hydrogen) atoms. The van der Waals surface area contributed by atoms with Gasteiger partial charge in [-0.25, -0.2) is 0 Å². The lowest BCUT2D eigenvalue weighted by Gasteiger charge is -2.48. The van der Waals surface area contributed by atoms with Gasteiger partial charge in [0.25, 0.3) is 0 Å². The van der Waals surface area contributed by atoms with E-state index in [0.29, 0.717) is 5.75 Å². The Kier molecular flexibility index (Phi) is 11.2. The number of ether oxygens (including phenoxy) is 5. The van der Waals surface area contributed by atoms with Crippen molar-refractivity contribution in [3.63, 3.8) is 0 Å². The van der Waals surface area contributed by atoms with E-state index in [1.165, 1.54) is 18.7 Å². The van der Waals surface area contributed by atoms with Gasteiger partial charge >= 0.3 is 0 Å². The van der Waals surface area contributed by atoms with Crippen LogP contribution >= 0.6 is 11.8 Å². The molecule has 3 aliphatic rings. The van der Waals surface area contributed by atoms with Crippen LogP contribution in [-0.4, -0.2) is 150 Å². The van der Waals surface area contributed by atoms with Crippen LogP contribution in [0.4, 0.5) is 0 Å². The minimum atomic E-state index is -1.78. The number of rotatable bonds is 9. The van der Waals surface area contributed by atoms with Gasteiger partial charge in [-0.15, -0.1) is 11.8 Å². The molecule has 3 saturated heterocycles. The highest BCUT2D eigenvalue weighted by molar-refractivity contribution is 7.99. The lowest BCUT2D eigenvalue weighted by Crippen LogP contribution is -2.66. The third kappa shape index (κ3) is 6.80. The van der Waals surface area contributed by atoms with Gasteiger partial charge in [-0.1, -0.05) is 30.3 Å². The van der Waals surface area contributed by atoms with Crippen molar-refractivity contribution in [2.45, 2.75) is 104 Å². The third-order valence-electron chi connectivity index (χ3n) is 7.29. The van der Waals surface area contributed by atoms with Gasteiger partial charge in [0.05, 0.1) is 19.3 Å². The highest BCUT2D eigenvalue weighted by Crippen LogP contribution is 2.35. The fourth-order valence-corrected chi connectivity index (χ4v) is 5.99. The van der Waals surface area contributed by atoms with Crippen molar-refractivity contribution in [1.82, 2.24) is 0 Å². The lowest BCUT2D eigenvalue weighted by atomic mass is 9.96. The molecule has 15 heteroatoms. The van der Waals surface area contributed by atoms with Gasteiger partial charge in [-0.3, -0.25) is 0 Å². The maximum atomic E-state index is 11.0. The monoisotopic (exact) mass is 594 g/mol. The molecule has 0 aliphatic carbocycles. The number of aliphatic hydroxyl groups is 9. The van der Waals surface area contributed by atoms with Crippen LogP contribution in [0, 0.1) is 0 Å². The van der Waals surface area contributed by atoms with Crippen LogP contribution in [0.5, 0.6) is 0 Å². The summed E-state index contributed by atoms with van der Waals surface area (Å²) in [6, 6.07) is 9.36. The van der Waals surface area contributed by atoms with E-state index in [1.54, 1.807) is 0 Å². The summed E-state index contributed by atoms with van der Waals surface area (Å²) in [5.74, 6) is 0.450. The Bertz CT molecular complexity index is 913. The third-order valence-corrected chi connectivity index (χ3v) is 8.51. The zero-order chi connectivity index (χ0) is 29.1. The molecule has 15 atom stereocenters. The second-order valence-electron chi connectivity index (χ2n) is 10.1. The fraction of sp³-hybridized carbons (Fsp3) is 0.760. The topological polar surface area (TPSA) is 228 Å². The maximum Gasteiger partial charge on any atom is 0.187 e. The summed E-state index contributed by atoms with van der Waals surface area (Å²) in [5.41, 5.74) is 0.0262. The van der Waals surface area contributed by atoms with Gasteiger partial charge in [0, 0.05) is 5.75 Å². The molecule has 0 saturated carbocycles. The van der Waals surface area contributed by atoms with Crippen LogP contribution in [0.2, 0.25) is 0 Å². The normalized spacial score (nSPS) is 46.3. The SMILES string of the molecule is C[C@@H]1O[C@@H](O[C@H]2[C@H](O[C@H]3[C@H](O)[C@@H](O)[C@H](SCc4ccccc4)O[C@@H]3CO)O[C@H](CO)[C@H](O)[C@@H]2O)[C@@H](O)[C@H](O)[C@@H]1O. The van der Waals surface area contributed by atoms with E-state index in [4.69, 9.17) is 23.7 Å². The Labute approximate surface area is 234 Å². The molecule has 228 valence electrons. The number of hydrogen-bond donors (Lipinski definition) is 9. The van der Waals surface area contributed by atoms with Crippen molar-refractivity contribution in [2.75, 3.05) is 13.2 Å². The van der Waals surface area contributed by atoms with Gasteiger partial charge < -0.3 is 69.6 Å². The lowest BCUT2D eigenvalue weighted by molar-refractivity contribution is -0.379. The first-order valence-corrected chi connectivity index (χ1v) is 14.0. The van der Waals surface area contributed by atoms with E-state index >= 15 is 0 Å². The van der Waals surface area contributed by atoms with E-state index in [1.807, 2.05) is 30.3 Å². The molecule has 9 N–H and O–H groups in total. The quantitative estimate of drug-likeness (QED) is 0.135. The summed E-state index contributed by atoms with van der Waals surface area (Å²) < 4.78 is 28.4. The first-order chi connectivity index (χ1) is 19.1. The zero-order valence-electron chi connectivity index (χ0n) is 21.6. The smallest absolute Gasteiger partial charge is 0.187 e. The number of thioether (sulfide) groups is 1. The van der Waals surface area contributed by atoms with Crippen LogP contribution in [0.1, 0.15) is 12.5 Å². The van der Waals surface area contributed by atoms with E-state index in [9.17, 15) is 46.0 Å². The van der Waals surface area contributed by atoms with Crippen LogP contribution in [0.25, 0.3) is 0 Å². The second kappa shape index (κ2) is 14.0. The molecule has 3 fully saturated rings. The molecule has 0 bridgehead atoms. The zero-order valence-corrected chi connectivity index (χ0v) is 22.5. The van der Waals surface area contributed by atoms with Gasteiger partial charge in [0.2, 0.25) is 0 Å². The molecular formula is C25H38O14S. The van der Waals surface area contributed by atoms with Crippen molar-refractivity contribution >= 4 is 11.8 Å². The Balaban J connectivity index is 1.50. The molecule has 0 spiro atoms. The molecule has 3 aliphatic heterocycles. The van der Waals surface area contributed by atoms with Gasteiger partial charge in [-0.05, 0) is 12.5 Å². The summed E-state index contributed by atoms with van der Waals surface area (Å²) in [6.07, 6.45) is -21.2. The van der Waals surface area contributed by atoms with Crippen LogP contribution in [-0.2, 0) is 29.4 Å². The molecular weight excluding hydrogens is 556 g/mol. The molecule has 0 aromatic heterocycles. The summed E-state index contributed by atoms with van der Waals surface area (Å²) in [5, 5.41) is 93.2. The van der Waals surface area contributed by atoms with Crippen molar-refractivity contribution in [3.05, 3.63) is 35.9 Å². The van der Waals surface area contributed by atoms with E-state index < -0.39 is 104 Å². The molecule has 1 aromatic rings. The molecule has 14 nitrogen and oxygen atoms in total. The number of hydrogen-bond acceptors (Lipinski definition) is 15. The predicted molar refractivity (Wildman–Crippen MR) is 135 cm³/mol. The summed E-state index contributed by atoms with van der Waals surface area (Å²) in [7, 11) is 0. The Morgan fingerprint density at radius 1 is 0.650 bits per heavy atom. The van der Waals surface area contributed by atoms with Crippen LogP contribution in [0.15, 0.2) is 30.3 Å². The Hall–Kier alpha value is -0.990. The standard InChI is InChI=1S/C25H38O14S/c1-10-14(28)16(30)19(33)23(35-10)39-22-17(31)15(29)12(7-26)36-24(22)38-21-13(8-27)37-25(20(34)18(21)32)40-9-11-5-3-2-4-6-11/h2-6,10,12-34H,7-9H2,1H3/t10-,12+,13+,14+,15-,16+,17-,18+,19-,20+,21+,22+,23-,24-,25-/m0/s1. The van der Waals surface area contributed by atoms with Crippen LogP contribution < -0.4 is 0 Å². The minimum absolute atomic E-state index is 0.450.